The summed E-state index contributed by atoms with van der Waals surface area (Å²) in [5.74, 6) is -0.203. The number of aromatic nitrogens is 2. The third-order valence-corrected chi connectivity index (χ3v) is 3.72. The van der Waals surface area contributed by atoms with E-state index >= 15 is 0 Å². The van der Waals surface area contributed by atoms with Crippen LogP contribution in [0.25, 0.3) is 0 Å². The molecule has 0 radical (unpaired) electrons. The van der Waals surface area contributed by atoms with Crippen LogP contribution in [-0.2, 0) is 17.8 Å². The molecule has 0 atom stereocenters. The number of morpholine rings is 1. The van der Waals surface area contributed by atoms with E-state index < -0.39 is 0 Å². The molecule has 1 aliphatic rings. The molecule has 0 amide bonds. The summed E-state index contributed by atoms with van der Waals surface area (Å²) in [6, 6.07) is 0. The SMILES string of the molecule is CCn1nc(C)c(CNCCCN2CCOCC2)c1F.Cl. The van der Waals surface area contributed by atoms with Crippen molar-refractivity contribution < 1.29 is 9.13 Å². The largest absolute Gasteiger partial charge is 0.379 e. The molecule has 0 saturated carbocycles. The van der Waals surface area contributed by atoms with Crippen LogP contribution in [0.4, 0.5) is 4.39 Å². The van der Waals surface area contributed by atoms with E-state index in [0.29, 0.717) is 18.7 Å². The first-order valence-corrected chi connectivity index (χ1v) is 7.45. The molecule has 21 heavy (non-hydrogen) atoms. The molecule has 0 aromatic carbocycles. The van der Waals surface area contributed by atoms with E-state index in [1.165, 1.54) is 4.68 Å². The number of nitrogens with zero attached hydrogens (tertiary/aromatic N) is 3. The second-order valence-electron chi connectivity index (χ2n) is 5.15. The Labute approximate surface area is 132 Å². The lowest BCUT2D eigenvalue weighted by Gasteiger charge is -2.26. The zero-order valence-electron chi connectivity index (χ0n) is 12.9. The highest BCUT2D eigenvalue weighted by molar-refractivity contribution is 5.85. The summed E-state index contributed by atoms with van der Waals surface area (Å²) in [5, 5.41) is 7.49. The van der Waals surface area contributed by atoms with Gasteiger partial charge >= 0.3 is 0 Å². The summed E-state index contributed by atoms with van der Waals surface area (Å²) in [4.78, 5) is 2.41. The van der Waals surface area contributed by atoms with E-state index in [1.807, 2.05) is 13.8 Å². The van der Waals surface area contributed by atoms with Gasteiger partial charge in [-0.25, -0.2) is 4.68 Å². The van der Waals surface area contributed by atoms with E-state index in [9.17, 15) is 4.39 Å². The summed E-state index contributed by atoms with van der Waals surface area (Å²) in [6.07, 6.45) is 1.07. The molecule has 1 aromatic heterocycles. The molecule has 122 valence electrons. The second kappa shape index (κ2) is 9.35. The normalized spacial score (nSPS) is 16.0. The fraction of sp³-hybridized carbons (Fsp3) is 0.786. The average molecular weight is 321 g/mol. The Hall–Kier alpha value is -0.690. The van der Waals surface area contributed by atoms with Crippen molar-refractivity contribution in [3.05, 3.63) is 17.2 Å². The molecule has 1 aromatic rings. The van der Waals surface area contributed by atoms with Crippen molar-refractivity contribution in [2.75, 3.05) is 39.4 Å². The Morgan fingerprint density at radius 1 is 1.33 bits per heavy atom. The van der Waals surface area contributed by atoms with Gasteiger partial charge in [0.15, 0.2) is 0 Å². The van der Waals surface area contributed by atoms with Gasteiger partial charge in [0.05, 0.1) is 18.9 Å². The minimum Gasteiger partial charge on any atom is -0.379 e. The standard InChI is InChI=1S/C14H25FN4O.ClH/c1-3-19-14(15)13(12(2)17-19)11-16-5-4-6-18-7-9-20-10-8-18;/h16H,3-11H2,1-2H3;1H. The van der Waals surface area contributed by atoms with Crippen LogP contribution in [0.15, 0.2) is 0 Å². The Balaban J connectivity index is 0.00000220. The van der Waals surface area contributed by atoms with E-state index in [-0.39, 0.29) is 18.4 Å². The molecule has 0 unspecified atom stereocenters. The maximum Gasteiger partial charge on any atom is 0.216 e. The number of rotatable bonds is 7. The number of halogens is 2. The quantitative estimate of drug-likeness (QED) is 0.775. The first-order chi connectivity index (χ1) is 9.72. The predicted octanol–water partition coefficient (Wildman–Crippen LogP) is 1.58. The lowest BCUT2D eigenvalue weighted by Crippen LogP contribution is -2.37. The van der Waals surface area contributed by atoms with Crippen molar-refractivity contribution >= 4 is 12.4 Å². The van der Waals surface area contributed by atoms with Crippen LogP contribution in [0.5, 0.6) is 0 Å². The second-order valence-corrected chi connectivity index (χ2v) is 5.15. The molecule has 0 aliphatic carbocycles. The van der Waals surface area contributed by atoms with Crippen LogP contribution in [0.2, 0.25) is 0 Å². The van der Waals surface area contributed by atoms with Crippen molar-refractivity contribution in [2.24, 2.45) is 0 Å². The molecule has 1 N–H and O–H groups in total. The van der Waals surface area contributed by atoms with Crippen LogP contribution < -0.4 is 5.32 Å². The van der Waals surface area contributed by atoms with Gasteiger partial charge in [0, 0.05) is 31.7 Å². The molecule has 2 heterocycles. The predicted molar refractivity (Wildman–Crippen MR) is 83.4 cm³/mol. The number of hydrogen-bond acceptors (Lipinski definition) is 4. The van der Waals surface area contributed by atoms with Gasteiger partial charge in [-0.1, -0.05) is 0 Å². The van der Waals surface area contributed by atoms with Crippen LogP contribution >= 0.6 is 12.4 Å². The zero-order valence-corrected chi connectivity index (χ0v) is 13.7. The number of hydrogen-bond donors (Lipinski definition) is 1. The van der Waals surface area contributed by atoms with Crippen LogP contribution in [0.1, 0.15) is 24.6 Å². The lowest BCUT2D eigenvalue weighted by molar-refractivity contribution is 0.0374. The first-order valence-electron chi connectivity index (χ1n) is 7.45. The Morgan fingerprint density at radius 2 is 2.05 bits per heavy atom. The summed E-state index contributed by atoms with van der Waals surface area (Å²) >= 11 is 0. The van der Waals surface area contributed by atoms with Gasteiger partial charge in [-0.15, -0.1) is 12.4 Å². The van der Waals surface area contributed by atoms with Gasteiger partial charge in [-0.3, -0.25) is 4.90 Å². The van der Waals surface area contributed by atoms with Gasteiger partial charge in [0.1, 0.15) is 0 Å². The summed E-state index contributed by atoms with van der Waals surface area (Å²) in [7, 11) is 0. The molecular formula is C14H26ClFN4O. The highest BCUT2D eigenvalue weighted by atomic mass is 35.5. The van der Waals surface area contributed by atoms with Gasteiger partial charge in [0.2, 0.25) is 5.95 Å². The third kappa shape index (κ3) is 5.21. The topological polar surface area (TPSA) is 42.3 Å². The van der Waals surface area contributed by atoms with Crippen LogP contribution in [-0.4, -0.2) is 54.1 Å². The average Bonchev–Trinajstić information content (AvgIpc) is 2.75. The maximum absolute atomic E-state index is 13.9. The molecular weight excluding hydrogens is 295 g/mol. The Morgan fingerprint density at radius 3 is 2.67 bits per heavy atom. The highest BCUT2D eigenvalue weighted by Crippen LogP contribution is 2.11. The van der Waals surface area contributed by atoms with Gasteiger partial charge in [-0.05, 0) is 33.4 Å². The minimum absolute atomic E-state index is 0. The van der Waals surface area contributed by atoms with Gasteiger partial charge in [-0.2, -0.15) is 9.49 Å². The maximum atomic E-state index is 13.9. The van der Waals surface area contributed by atoms with Crippen molar-refractivity contribution in [3.63, 3.8) is 0 Å². The van der Waals surface area contributed by atoms with Crippen molar-refractivity contribution in [1.29, 1.82) is 0 Å². The first kappa shape index (κ1) is 18.4. The van der Waals surface area contributed by atoms with Gasteiger partial charge in [0.25, 0.3) is 0 Å². The Kier molecular flexibility index (Phi) is 8.18. The summed E-state index contributed by atoms with van der Waals surface area (Å²) in [6.45, 7) is 10.6. The van der Waals surface area contributed by atoms with E-state index in [4.69, 9.17) is 4.74 Å². The summed E-state index contributed by atoms with van der Waals surface area (Å²) < 4.78 is 20.7. The highest BCUT2D eigenvalue weighted by Gasteiger charge is 2.13. The Bertz CT molecular complexity index is 421. The number of aryl methyl sites for hydroxylation is 2. The number of ether oxygens (including phenoxy) is 1. The van der Waals surface area contributed by atoms with E-state index in [2.05, 4.69) is 15.3 Å². The van der Waals surface area contributed by atoms with E-state index in [1.54, 1.807) is 0 Å². The van der Waals surface area contributed by atoms with Crippen LogP contribution in [0.3, 0.4) is 0 Å². The lowest BCUT2D eigenvalue weighted by atomic mass is 10.2. The fourth-order valence-corrected chi connectivity index (χ4v) is 2.47. The monoisotopic (exact) mass is 320 g/mol. The molecule has 1 saturated heterocycles. The van der Waals surface area contributed by atoms with E-state index in [0.717, 1.165) is 51.5 Å². The minimum atomic E-state index is -0.203. The molecule has 0 bridgehead atoms. The molecule has 2 rings (SSSR count). The molecule has 1 aliphatic heterocycles. The van der Waals surface area contributed by atoms with Crippen LogP contribution in [0, 0.1) is 12.9 Å². The number of nitrogens with one attached hydrogen (secondary N) is 1. The fourth-order valence-electron chi connectivity index (χ4n) is 2.47. The molecule has 0 spiro atoms. The van der Waals surface area contributed by atoms with Crippen molar-refractivity contribution in [3.8, 4) is 0 Å². The zero-order chi connectivity index (χ0) is 14.4. The third-order valence-electron chi connectivity index (χ3n) is 3.72. The van der Waals surface area contributed by atoms with Crippen molar-refractivity contribution in [1.82, 2.24) is 20.0 Å². The smallest absolute Gasteiger partial charge is 0.216 e. The van der Waals surface area contributed by atoms with Crippen molar-refractivity contribution in [2.45, 2.75) is 33.4 Å². The molecule has 7 heteroatoms. The van der Waals surface area contributed by atoms with Gasteiger partial charge < -0.3 is 10.1 Å². The molecule has 1 fully saturated rings. The molecule has 5 nitrogen and oxygen atoms in total. The summed E-state index contributed by atoms with van der Waals surface area (Å²) in [5.41, 5.74) is 1.48.